The highest BCUT2D eigenvalue weighted by molar-refractivity contribution is 4.95. The van der Waals surface area contributed by atoms with Crippen LogP contribution in [0.3, 0.4) is 0 Å². The summed E-state index contributed by atoms with van der Waals surface area (Å²) in [5, 5.41) is 23.9. The molecule has 0 heterocycles. The van der Waals surface area contributed by atoms with E-state index in [9.17, 15) is 10.4 Å². The van der Waals surface area contributed by atoms with Crippen molar-refractivity contribution in [2.24, 2.45) is 0 Å². The van der Waals surface area contributed by atoms with Gasteiger partial charge in [0.1, 0.15) is 0 Å². The van der Waals surface area contributed by atoms with Crippen molar-refractivity contribution in [3.63, 3.8) is 0 Å². The fourth-order valence-corrected chi connectivity index (χ4v) is 2.22. The Hall–Kier alpha value is -0.680. The molecule has 18 heavy (non-hydrogen) atoms. The van der Waals surface area contributed by atoms with Crippen LogP contribution in [-0.2, 0) is 0 Å². The van der Waals surface area contributed by atoms with Gasteiger partial charge in [-0.25, -0.2) is 0 Å². The van der Waals surface area contributed by atoms with Crippen LogP contribution in [0.5, 0.6) is 0 Å². The first-order chi connectivity index (χ1) is 8.21. The average molecular weight is 254 g/mol. The predicted octanol–water partition coefficient (Wildman–Crippen LogP) is 2.56. The van der Waals surface area contributed by atoms with E-state index in [-0.39, 0.29) is 21.4 Å². The van der Waals surface area contributed by atoms with Gasteiger partial charge in [0.2, 0.25) is 0 Å². The predicted molar refractivity (Wildman–Crippen MR) is 75.3 cm³/mol. The fraction of sp³-hybridized carbons (Fsp3) is 0.714. The molecule has 1 rings (SSSR count). The third-order valence-corrected chi connectivity index (χ3v) is 3.72. The van der Waals surface area contributed by atoms with Gasteiger partial charge in [-0.3, -0.25) is 0 Å². The summed E-state index contributed by atoms with van der Waals surface area (Å²) in [6, 6.07) is 0.146. The van der Waals surface area contributed by atoms with Gasteiger partial charge < -0.3 is 19.7 Å². The SMILES string of the molecule is C[N+](C)([O-])C1C/C=C\CC([N+](C)(C)[O-])C/C=C\C1. The number of hydrogen-bond donors (Lipinski definition) is 0. The molecule has 1 aliphatic carbocycles. The largest absolute Gasteiger partial charge is 0.633 e. The number of nitrogens with zero attached hydrogens (tertiary/aromatic N) is 2. The molecule has 0 aromatic rings. The van der Waals surface area contributed by atoms with Crippen LogP contribution in [0.4, 0.5) is 0 Å². The molecule has 4 nitrogen and oxygen atoms in total. The third kappa shape index (κ3) is 4.90. The molecule has 0 amide bonds. The molecule has 4 heteroatoms. The van der Waals surface area contributed by atoms with Gasteiger partial charge in [0.05, 0.1) is 40.3 Å². The maximum absolute atomic E-state index is 12.0. The highest BCUT2D eigenvalue weighted by Gasteiger charge is 2.20. The lowest BCUT2D eigenvalue weighted by atomic mass is 10.0. The Morgan fingerprint density at radius 3 is 1.06 bits per heavy atom. The second-order valence-electron chi connectivity index (χ2n) is 6.06. The van der Waals surface area contributed by atoms with Crippen molar-refractivity contribution >= 4 is 0 Å². The average Bonchev–Trinajstić information content (AvgIpc) is 2.22. The number of quaternary nitrogens is 2. The van der Waals surface area contributed by atoms with Gasteiger partial charge in [0, 0.05) is 25.7 Å². The molecular formula is C14H26N2O2. The molecular weight excluding hydrogens is 228 g/mol. The first-order valence-corrected chi connectivity index (χ1v) is 6.60. The minimum Gasteiger partial charge on any atom is -0.633 e. The van der Waals surface area contributed by atoms with Crippen LogP contribution in [0.2, 0.25) is 0 Å². The molecule has 0 aromatic heterocycles. The molecule has 0 unspecified atom stereocenters. The lowest BCUT2D eigenvalue weighted by Crippen LogP contribution is -2.44. The minimum atomic E-state index is -0.263. The summed E-state index contributed by atoms with van der Waals surface area (Å²) >= 11 is 0. The summed E-state index contributed by atoms with van der Waals surface area (Å²) in [7, 11) is 6.77. The van der Waals surface area contributed by atoms with Crippen molar-refractivity contribution in [2.75, 3.05) is 28.2 Å². The van der Waals surface area contributed by atoms with E-state index in [1.165, 1.54) is 0 Å². The molecule has 0 bridgehead atoms. The summed E-state index contributed by atoms with van der Waals surface area (Å²) in [4.78, 5) is 0. The van der Waals surface area contributed by atoms with Gasteiger partial charge in [-0.05, 0) is 0 Å². The summed E-state index contributed by atoms with van der Waals surface area (Å²) in [5.74, 6) is 0. The smallest absolute Gasteiger partial charge is 0.0953 e. The minimum absolute atomic E-state index is 0.0730. The molecule has 0 saturated heterocycles. The zero-order chi connectivity index (χ0) is 13.8. The number of hydroxylamine groups is 6. The normalized spacial score (nSPS) is 30.8. The van der Waals surface area contributed by atoms with E-state index in [1.54, 1.807) is 28.2 Å². The van der Waals surface area contributed by atoms with Crippen LogP contribution >= 0.6 is 0 Å². The van der Waals surface area contributed by atoms with E-state index >= 15 is 0 Å². The van der Waals surface area contributed by atoms with Crippen LogP contribution in [0.25, 0.3) is 0 Å². The van der Waals surface area contributed by atoms with Crippen molar-refractivity contribution in [3.05, 3.63) is 34.7 Å². The Bertz CT molecular complexity index is 263. The highest BCUT2D eigenvalue weighted by Crippen LogP contribution is 2.19. The van der Waals surface area contributed by atoms with Crippen LogP contribution < -0.4 is 0 Å². The molecule has 0 N–H and O–H groups in total. The number of hydrogen-bond acceptors (Lipinski definition) is 2. The molecule has 0 fully saturated rings. The zero-order valence-electron chi connectivity index (χ0n) is 12.0. The van der Waals surface area contributed by atoms with E-state index in [4.69, 9.17) is 0 Å². The molecule has 0 aromatic carbocycles. The standard InChI is InChI=1S/C14H26N2O2/c1-15(2,17)13-9-5-7-11-14(16(3,4)18)12-8-6-10-13/h5-8,13-14H,9-12H2,1-4H3/b7-5-,8-6-. The summed E-state index contributed by atoms with van der Waals surface area (Å²) in [6.07, 6.45) is 11.4. The Labute approximate surface area is 111 Å². The van der Waals surface area contributed by atoms with E-state index in [2.05, 4.69) is 24.3 Å². The summed E-state index contributed by atoms with van der Waals surface area (Å²) in [5.41, 5.74) is 0. The van der Waals surface area contributed by atoms with Crippen LogP contribution in [-0.4, -0.2) is 49.6 Å². The van der Waals surface area contributed by atoms with Crippen LogP contribution in [0.1, 0.15) is 25.7 Å². The van der Waals surface area contributed by atoms with Crippen LogP contribution in [0, 0.1) is 10.4 Å². The van der Waals surface area contributed by atoms with E-state index < -0.39 is 0 Å². The summed E-state index contributed by atoms with van der Waals surface area (Å²) in [6.45, 7) is 0. The van der Waals surface area contributed by atoms with Gasteiger partial charge in [-0.2, -0.15) is 0 Å². The second kappa shape index (κ2) is 5.97. The molecule has 0 spiro atoms. The Balaban J connectivity index is 2.70. The van der Waals surface area contributed by atoms with Gasteiger partial charge in [0.25, 0.3) is 0 Å². The molecule has 0 aliphatic heterocycles. The van der Waals surface area contributed by atoms with Crippen molar-refractivity contribution in [3.8, 4) is 0 Å². The maximum atomic E-state index is 12.0. The Morgan fingerprint density at radius 2 is 0.889 bits per heavy atom. The zero-order valence-corrected chi connectivity index (χ0v) is 12.0. The third-order valence-electron chi connectivity index (χ3n) is 3.72. The molecule has 104 valence electrons. The Kier molecular flexibility index (Phi) is 5.10. The van der Waals surface area contributed by atoms with E-state index in [0.717, 1.165) is 25.7 Å². The lowest BCUT2D eigenvalue weighted by molar-refractivity contribution is -0.866. The van der Waals surface area contributed by atoms with Crippen molar-refractivity contribution in [1.29, 1.82) is 0 Å². The van der Waals surface area contributed by atoms with Crippen LogP contribution in [0.15, 0.2) is 24.3 Å². The monoisotopic (exact) mass is 254 g/mol. The van der Waals surface area contributed by atoms with E-state index in [1.807, 2.05) is 0 Å². The summed E-state index contributed by atoms with van der Waals surface area (Å²) < 4.78 is -0.525. The molecule has 0 saturated carbocycles. The van der Waals surface area contributed by atoms with E-state index in [0.29, 0.717) is 0 Å². The molecule has 0 radical (unpaired) electrons. The highest BCUT2D eigenvalue weighted by atomic mass is 16.5. The van der Waals surface area contributed by atoms with Gasteiger partial charge >= 0.3 is 0 Å². The lowest BCUT2D eigenvalue weighted by Gasteiger charge is -2.42. The first-order valence-electron chi connectivity index (χ1n) is 6.60. The van der Waals surface area contributed by atoms with Gasteiger partial charge in [-0.1, -0.05) is 24.3 Å². The Morgan fingerprint density at radius 1 is 0.667 bits per heavy atom. The first kappa shape index (κ1) is 15.4. The maximum Gasteiger partial charge on any atom is 0.0953 e. The van der Waals surface area contributed by atoms with Gasteiger partial charge in [-0.15, -0.1) is 0 Å². The molecule has 0 atom stereocenters. The van der Waals surface area contributed by atoms with Gasteiger partial charge in [0.15, 0.2) is 0 Å². The molecule has 1 aliphatic rings. The topological polar surface area (TPSA) is 46.1 Å². The van der Waals surface area contributed by atoms with Crippen molar-refractivity contribution in [1.82, 2.24) is 0 Å². The second-order valence-corrected chi connectivity index (χ2v) is 6.06. The number of rotatable bonds is 2. The van der Waals surface area contributed by atoms with Crippen molar-refractivity contribution < 1.29 is 9.29 Å². The fourth-order valence-electron chi connectivity index (χ4n) is 2.22. The quantitative estimate of drug-likeness (QED) is 0.432. The van der Waals surface area contributed by atoms with Crippen molar-refractivity contribution in [2.45, 2.75) is 37.8 Å².